The van der Waals surface area contributed by atoms with E-state index in [1.807, 2.05) is 206 Å². The molecule has 4 fully saturated rings. The Kier molecular flexibility index (Phi) is 27.3. The van der Waals surface area contributed by atoms with Crippen LogP contribution in [0, 0.1) is 0 Å². The van der Waals surface area contributed by atoms with Crippen LogP contribution in [-0.4, -0.2) is 92.6 Å². The van der Waals surface area contributed by atoms with Crippen LogP contribution in [0.4, 0.5) is 0 Å². The summed E-state index contributed by atoms with van der Waals surface area (Å²) in [5, 5.41) is 31.0. The second kappa shape index (κ2) is 42.5. The van der Waals surface area contributed by atoms with Gasteiger partial charge in [-0.2, -0.15) is 0 Å². The molecular formula is C126H101BrO16. The quantitative estimate of drug-likeness (QED) is 0.0242. The first kappa shape index (κ1) is 91.9. The molecule has 17 heteroatoms. The van der Waals surface area contributed by atoms with Crippen molar-refractivity contribution in [1.82, 2.24) is 0 Å². The van der Waals surface area contributed by atoms with Gasteiger partial charge in [-0.1, -0.05) is 234 Å². The Labute approximate surface area is 839 Å². The molecule has 4 aliphatic rings. The van der Waals surface area contributed by atoms with Gasteiger partial charge in [-0.25, -0.2) is 0 Å². The SMILES string of the molecule is Oc1ccc(C(c2ccc(OCC3CO3)cc2)c2ccc(Oc3ccc(C(c4ccc(O)cc4)c4ccc(Oc5ccc(C(c6ccc(Oc7ccc(C(c8ccc(OCC9CO9)cc8)c8ccc(OCC9CO9)cc8)cc7)cc6)c6ccc(Oc7ccc(C(c8ccc(Br)cc8)c8ccc(Oc9ccc(C(c%10ccc(O)cc%10)c%10ccc(OCC%11CO%11)cc%10)cc9)cc8)cc7)cc6)cc5)cc4)cc3)cc2)cc1. The molecule has 0 spiro atoms. The molecule has 0 saturated carbocycles. The summed E-state index contributed by atoms with van der Waals surface area (Å²) in [5.74, 6) is 9.83. The fourth-order valence-electron chi connectivity index (χ4n) is 18.5. The molecule has 3 N–H and O–H groups in total. The average Bonchev–Trinajstić information content (AvgIpc) is 1.79. The molecule has 18 aromatic carbocycles. The number of hydrogen-bond acceptors (Lipinski definition) is 16. The lowest BCUT2D eigenvalue weighted by Gasteiger charge is -2.21. The lowest BCUT2D eigenvalue weighted by atomic mass is 9.85. The Morgan fingerprint density at radius 1 is 0.168 bits per heavy atom. The zero-order chi connectivity index (χ0) is 96.3. The predicted molar refractivity (Wildman–Crippen MR) is 556 cm³/mol. The number of hydrogen-bond donors (Lipinski definition) is 3. The molecule has 0 radical (unpaired) electrons. The molecule has 9 atom stereocenters. The molecule has 4 aliphatic heterocycles. The number of phenols is 3. The van der Waals surface area contributed by atoms with Crippen molar-refractivity contribution < 1.29 is 76.9 Å². The predicted octanol–water partition coefficient (Wildman–Crippen LogP) is 28.7. The summed E-state index contributed by atoms with van der Waals surface area (Å²) in [6.07, 6.45) is 0.640. The number of epoxide rings is 4. The maximum atomic E-state index is 10.5. The first-order valence-electron chi connectivity index (χ1n) is 48.2. The van der Waals surface area contributed by atoms with Gasteiger partial charge in [0.2, 0.25) is 0 Å². The first-order valence-corrected chi connectivity index (χ1v) is 49.0. The van der Waals surface area contributed by atoms with Gasteiger partial charge in [-0.05, 0) is 319 Å². The second-order valence-electron chi connectivity index (χ2n) is 36.5. The van der Waals surface area contributed by atoms with Crippen molar-refractivity contribution in [2.75, 3.05) is 52.9 Å². The van der Waals surface area contributed by atoms with Gasteiger partial charge in [0.05, 0.1) is 26.4 Å². The van der Waals surface area contributed by atoms with Gasteiger partial charge in [0, 0.05) is 40.0 Å². The van der Waals surface area contributed by atoms with Crippen molar-refractivity contribution in [1.29, 1.82) is 0 Å². The minimum atomic E-state index is -0.227. The molecular weight excluding hydrogens is 1850 g/mol. The van der Waals surface area contributed by atoms with Crippen LogP contribution in [-0.2, 0) is 18.9 Å². The van der Waals surface area contributed by atoms with Crippen LogP contribution in [0.5, 0.6) is 97.7 Å². The van der Waals surface area contributed by atoms with E-state index in [4.69, 9.17) is 61.6 Å². The van der Waals surface area contributed by atoms with E-state index in [0.717, 1.165) is 154 Å². The third kappa shape index (κ3) is 23.3. The fraction of sp³-hybridized carbons (Fsp3) is 0.143. The van der Waals surface area contributed by atoms with E-state index in [-0.39, 0.29) is 77.2 Å². The number of ether oxygens (including phenoxy) is 13. The van der Waals surface area contributed by atoms with Crippen molar-refractivity contribution in [3.8, 4) is 97.7 Å². The molecule has 18 aromatic rings. The van der Waals surface area contributed by atoms with Crippen LogP contribution in [0.2, 0.25) is 0 Å². The molecule has 4 saturated heterocycles. The van der Waals surface area contributed by atoms with E-state index in [1.165, 1.54) is 0 Å². The van der Waals surface area contributed by atoms with Gasteiger partial charge < -0.3 is 76.9 Å². The minimum Gasteiger partial charge on any atom is -0.508 e. The van der Waals surface area contributed by atoms with E-state index in [2.05, 4.69) is 210 Å². The van der Waals surface area contributed by atoms with E-state index in [0.29, 0.717) is 83.9 Å². The summed E-state index contributed by atoms with van der Waals surface area (Å²) < 4.78 is 79.7. The highest BCUT2D eigenvalue weighted by Gasteiger charge is 2.30. The summed E-state index contributed by atoms with van der Waals surface area (Å²) in [5.41, 5.74) is 19.2. The Bertz CT molecular complexity index is 6850. The normalized spacial score (nSPS) is 16.1. The van der Waals surface area contributed by atoms with Gasteiger partial charge in [-0.15, -0.1) is 0 Å². The number of benzene rings is 18. The third-order valence-electron chi connectivity index (χ3n) is 26.4. The Morgan fingerprint density at radius 2 is 0.273 bits per heavy atom. The first-order chi connectivity index (χ1) is 70.3. The number of phenolic OH excluding ortho intramolecular Hbond substituents is 3. The van der Waals surface area contributed by atoms with Crippen LogP contribution in [0.1, 0.15) is 136 Å². The highest BCUT2D eigenvalue weighted by atomic mass is 79.9. The smallest absolute Gasteiger partial charge is 0.127 e. The molecule has 9 unspecified atom stereocenters. The van der Waals surface area contributed by atoms with Crippen LogP contribution in [0.15, 0.2) is 441 Å². The molecule has 16 nitrogen and oxygen atoms in total. The molecule has 708 valence electrons. The summed E-state index contributed by atoms with van der Waals surface area (Å²) in [6.45, 7) is 5.06. The Hall–Kier alpha value is -16.1. The Balaban J connectivity index is 0.499. The zero-order valence-electron chi connectivity index (χ0n) is 78.0. The third-order valence-corrected chi connectivity index (χ3v) is 26.9. The summed E-state index contributed by atoms with van der Waals surface area (Å²) in [6, 6.07) is 146. The van der Waals surface area contributed by atoms with Crippen molar-refractivity contribution in [3.05, 3.63) is 541 Å². The zero-order valence-corrected chi connectivity index (χ0v) is 79.6. The van der Waals surface area contributed by atoms with Crippen LogP contribution in [0.3, 0.4) is 0 Å². The maximum absolute atomic E-state index is 10.5. The molecule has 0 bridgehead atoms. The number of aromatic hydroxyl groups is 3. The highest BCUT2D eigenvalue weighted by Crippen LogP contribution is 2.46. The summed E-state index contributed by atoms with van der Waals surface area (Å²) in [7, 11) is 0. The summed E-state index contributed by atoms with van der Waals surface area (Å²) in [4.78, 5) is 0. The van der Waals surface area contributed by atoms with Crippen LogP contribution < -0.4 is 42.6 Å². The number of rotatable bonds is 40. The highest BCUT2D eigenvalue weighted by molar-refractivity contribution is 9.10. The monoisotopic (exact) mass is 1950 g/mol. The van der Waals surface area contributed by atoms with Crippen LogP contribution in [0.25, 0.3) is 0 Å². The standard InChI is InChI=1S/C126H101BrO16/c127-99-37-1-81(2-38-99)121(89-17-53-107(54-18-89)139-109-57-21-91(22-58-109)122(82-3-39-100(128)40-4-82)85-9-45-103(46-10-85)131-73-117-77-135-117)90-19-55-108(56-20-90)140-114-67-31-96(32-68-114)126(98-35-71-116(72-36-98)143-113-65-29-95(30-66-113)125(87-13-49-105(50-14-87)133-75-119-79-137-119)88-15-51-106(52-16-88)134-76-120-80-138-120)97-33-69-115(70-34-97)142-112-63-27-94(28-64-112)124(84-7-43-102(130)44-8-84)93-25-61-111(62-26-93)141-110-59-23-92(24-60-110)123(83-5-41-101(129)42-6-83)86-11-47-104(48-12-86)132-74-118-78-136-118/h1-72,117-126,128-130H,73-80H2. The van der Waals surface area contributed by atoms with E-state index in [1.54, 1.807) is 36.4 Å². The molecule has 0 aromatic heterocycles. The van der Waals surface area contributed by atoms with Crippen LogP contribution >= 0.6 is 15.9 Å². The van der Waals surface area contributed by atoms with Crippen molar-refractivity contribution in [2.45, 2.75) is 59.9 Å². The fourth-order valence-corrected chi connectivity index (χ4v) is 18.8. The molecule has 22 rings (SSSR count). The van der Waals surface area contributed by atoms with Gasteiger partial charge in [0.25, 0.3) is 0 Å². The van der Waals surface area contributed by atoms with Crippen molar-refractivity contribution in [2.24, 2.45) is 0 Å². The minimum absolute atomic E-state index is 0.0906. The maximum Gasteiger partial charge on any atom is 0.127 e. The van der Waals surface area contributed by atoms with Gasteiger partial charge in [-0.3, -0.25) is 0 Å². The molecule has 0 amide bonds. The number of halogens is 1. The molecule has 143 heavy (non-hydrogen) atoms. The van der Waals surface area contributed by atoms with Crippen molar-refractivity contribution in [3.63, 3.8) is 0 Å². The lowest BCUT2D eigenvalue weighted by molar-refractivity contribution is 0.263. The van der Waals surface area contributed by atoms with Gasteiger partial charge in [0.1, 0.15) is 149 Å². The van der Waals surface area contributed by atoms with E-state index < -0.39 is 0 Å². The summed E-state index contributed by atoms with van der Waals surface area (Å²) >= 11 is 3.69. The van der Waals surface area contributed by atoms with Crippen molar-refractivity contribution >= 4 is 15.9 Å². The van der Waals surface area contributed by atoms with Gasteiger partial charge in [0.15, 0.2) is 0 Å². The Morgan fingerprint density at radius 3 is 0.392 bits per heavy atom. The lowest BCUT2D eigenvalue weighted by Crippen LogP contribution is -2.06. The topological polar surface area (TPSA) is 194 Å². The largest absolute Gasteiger partial charge is 0.508 e. The molecule has 0 aliphatic carbocycles. The second-order valence-corrected chi connectivity index (χ2v) is 37.4. The van der Waals surface area contributed by atoms with E-state index >= 15 is 0 Å². The van der Waals surface area contributed by atoms with E-state index in [9.17, 15) is 15.3 Å². The molecule has 4 heterocycles. The average molecular weight is 1950 g/mol. The van der Waals surface area contributed by atoms with Gasteiger partial charge >= 0.3 is 0 Å².